The van der Waals surface area contributed by atoms with E-state index in [9.17, 15) is 9.59 Å². The Balaban J connectivity index is 1.23. The first-order chi connectivity index (χ1) is 20.2. The first-order valence-corrected chi connectivity index (χ1v) is 15.2. The Labute approximate surface area is 253 Å². The number of piperazine rings is 1. The van der Waals surface area contributed by atoms with E-state index in [0.717, 1.165) is 44.1 Å². The molecule has 2 aliphatic heterocycles. The monoisotopic (exact) mass is 592 g/mol. The number of carbonyl (C=O) groups is 2. The molecule has 0 unspecified atom stereocenters. The number of para-hydroxylation sites is 2. The summed E-state index contributed by atoms with van der Waals surface area (Å²) < 4.78 is 7.38. The van der Waals surface area contributed by atoms with Gasteiger partial charge in [-0.25, -0.2) is 9.48 Å². The summed E-state index contributed by atoms with van der Waals surface area (Å²) in [7, 11) is 0. The molecule has 3 heterocycles. The highest BCUT2D eigenvalue weighted by Crippen LogP contribution is 2.34. The first kappa shape index (κ1) is 29.9. The number of carbonyl (C=O) groups excluding carboxylic acids is 2. The number of rotatable bonds is 7. The van der Waals surface area contributed by atoms with Crippen LogP contribution >= 0.6 is 11.6 Å². The molecule has 1 N–H and O–H groups in total. The molecule has 2 saturated heterocycles. The third-order valence-electron chi connectivity index (χ3n) is 7.87. The Morgan fingerprint density at radius 3 is 2.29 bits per heavy atom. The highest BCUT2D eigenvalue weighted by atomic mass is 35.5. The summed E-state index contributed by atoms with van der Waals surface area (Å²) in [4.78, 5) is 32.7. The summed E-state index contributed by atoms with van der Waals surface area (Å²) in [6, 6.07) is 18.0. The van der Waals surface area contributed by atoms with Crippen LogP contribution in [-0.2, 0) is 4.74 Å². The molecule has 0 atom stereocenters. The number of aromatic nitrogens is 2. The van der Waals surface area contributed by atoms with Gasteiger partial charge in [0.15, 0.2) is 0 Å². The van der Waals surface area contributed by atoms with Crippen LogP contribution < -0.4 is 10.2 Å². The van der Waals surface area contributed by atoms with Crippen LogP contribution in [0.25, 0.3) is 5.69 Å². The standard InChI is InChI=1S/C32H41ClN6O3/c1-32(2,3)42-31(41)38-16-13-24(14-17-38)29-26(23-35-39(29)28-12-8-7-11-27(28)33)30(40)34-15-18-36-19-21-37(22-20-36)25-9-5-4-6-10-25/h4-12,23-24H,13-22H2,1-3H3,(H,34,40). The fourth-order valence-electron chi connectivity index (χ4n) is 5.69. The number of hydrogen-bond donors (Lipinski definition) is 1. The third kappa shape index (κ3) is 7.25. The van der Waals surface area contributed by atoms with Crippen molar-refractivity contribution in [2.45, 2.75) is 45.1 Å². The maximum atomic E-state index is 13.5. The molecule has 0 bridgehead atoms. The summed E-state index contributed by atoms with van der Waals surface area (Å²) >= 11 is 6.56. The van der Waals surface area contributed by atoms with E-state index in [0.29, 0.717) is 43.1 Å². The number of hydrogen-bond acceptors (Lipinski definition) is 6. The summed E-state index contributed by atoms with van der Waals surface area (Å²) in [5, 5.41) is 8.33. The molecule has 224 valence electrons. The largest absolute Gasteiger partial charge is 0.444 e. The Bertz CT molecular complexity index is 1360. The molecule has 0 saturated carbocycles. The maximum Gasteiger partial charge on any atom is 0.410 e. The van der Waals surface area contributed by atoms with E-state index in [1.165, 1.54) is 5.69 Å². The number of likely N-dealkylation sites (tertiary alicyclic amines) is 1. The highest BCUT2D eigenvalue weighted by molar-refractivity contribution is 6.32. The Morgan fingerprint density at radius 2 is 1.62 bits per heavy atom. The van der Waals surface area contributed by atoms with E-state index in [1.807, 2.05) is 51.1 Å². The number of amides is 2. The lowest BCUT2D eigenvalue weighted by molar-refractivity contribution is 0.0203. The van der Waals surface area contributed by atoms with Crippen molar-refractivity contribution >= 4 is 29.3 Å². The highest BCUT2D eigenvalue weighted by Gasteiger charge is 2.32. The molecule has 0 radical (unpaired) electrons. The van der Waals surface area contributed by atoms with E-state index >= 15 is 0 Å². The number of benzene rings is 2. The minimum atomic E-state index is -0.544. The van der Waals surface area contributed by atoms with Gasteiger partial charge in [-0.2, -0.15) is 5.10 Å². The van der Waals surface area contributed by atoms with Gasteiger partial charge in [0.2, 0.25) is 0 Å². The predicted octanol–water partition coefficient (Wildman–Crippen LogP) is 5.19. The Kier molecular flexibility index (Phi) is 9.38. The topological polar surface area (TPSA) is 82.9 Å². The van der Waals surface area contributed by atoms with Crippen LogP contribution in [0.4, 0.5) is 10.5 Å². The van der Waals surface area contributed by atoms with Crippen molar-refractivity contribution in [3.05, 3.63) is 77.1 Å². The van der Waals surface area contributed by atoms with Crippen molar-refractivity contribution in [3.63, 3.8) is 0 Å². The summed E-state index contributed by atoms with van der Waals surface area (Å²) in [5.74, 6) is -0.102. The number of piperidine rings is 1. The fourth-order valence-corrected chi connectivity index (χ4v) is 5.91. The second-order valence-electron chi connectivity index (χ2n) is 12.0. The molecule has 42 heavy (non-hydrogen) atoms. The van der Waals surface area contributed by atoms with Crippen molar-refractivity contribution in [2.24, 2.45) is 0 Å². The second-order valence-corrected chi connectivity index (χ2v) is 12.4. The van der Waals surface area contributed by atoms with Gasteiger partial charge in [0.05, 0.1) is 28.2 Å². The summed E-state index contributed by atoms with van der Waals surface area (Å²) in [6.07, 6.45) is 2.73. The minimum Gasteiger partial charge on any atom is -0.444 e. The van der Waals surface area contributed by atoms with Crippen molar-refractivity contribution in [1.29, 1.82) is 0 Å². The number of nitrogens with zero attached hydrogens (tertiary/aromatic N) is 5. The molecule has 1 aromatic heterocycles. The van der Waals surface area contributed by atoms with E-state index in [4.69, 9.17) is 16.3 Å². The van der Waals surface area contributed by atoms with Crippen molar-refractivity contribution in [1.82, 2.24) is 24.9 Å². The van der Waals surface area contributed by atoms with Gasteiger partial charge in [0, 0.05) is 64.0 Å². The van der Waals surface area contributed by atoms with E-state index < -0.39 is 5.60 Å². The van der Waals surface area contributed by atoms with Gasteiger partial charge in [-0.1, -0.05) is 41.9 Å². The zero-order valence-electron chi connectivity index (χ0n) is 24.8. The van der Waals surface area contributed by atoms with Gasteiger partial charge in [0.25, 0.3) is 5.91 Å². The van der Waals surface area contributed by atoms with Crippen LogP contribution in [-0.4, -0.2) is 89.5 Å². The normalized spacial score (nSPS) is 16.9. The van der Waals surface area contributed by atoms with Crippen LogP contribution in [0.2, 0.25) is 5.02 Å². The lowest BCUT2D eigenvalue weighted by Crippen LogP contribution is -2.48. The smallest absolute Gasteiger partial charge is 0.410 e. The zero-order valence-corrected chi connectivity index (χ0v) is 25.5. The number of nitrogens with one attached hydrogen (secondary N) is 1. The molecule has 5 rings (SSSR count). The van der Waals surface area contributed by atoms with Gasteiger partial charge >= 0.3 is 6.09 Å². The number of halogens is 1. The van der Waals surface area contributed by atoms with Gasteiger partial charge < -0.3 is 19.9 Å². The van der Waals surface area contributed by atoms with Crippen molar-refractivity contribution in [2.75, 3.05) is 57.3 Å². The van der Waals surface area contributed by atoms with Crippen molar-refractivity contribution < 1.29 is 14.3 Å². The van der Waals surface area contributed by atoms with Gasteiger partial charge in [-0.15, -0.1) is 0 Å². The minimum absolute atomic E-state index is 0.0364. The summed E-state index contributed by atoms with van der Waals surface area (Å²) in [6.45, 7) is 11.9. The van der Waals surface area contributed by atoms with Crippen molar-refractivity contribution in [3.8, 4) is 5.69 Å². The molecular weight excluding hydrogens is 552 g/mol. The first-order valence-electron chi connectivity index (χ1n) is 14.8. The van der Waals surface area contributed by atoms with E-state index in [1.54, 1.807) is 15.8 Å². The maximum absolute atomic E-state index is 13.5. The molecule has 2 aliphatic rings. The second kappa shape index (κ2) is 13.2. The molecule has 0 aliphatic carbocycles. The average Bonchev–Trinajstić information content (AvgIpc) is 3.42. The van der Waals surface area contributed by atoms with Gasteiger partial charge in [0.1, 0.15) is 5.60 Å². The average molecular weight is 593 g/mol. The van der Waals surface area contributed by atoms with Crippen LogP contribution in [0.5, 0.6) is 0 Å². The quantitative estimate of drug-likeness (QED) is 0.406. The van der Waals surface area contributed by atoms with E-state index in [2.05, 4.69) is 44.5 Å². The molecule has 0 spiro atoms. The number of ether oxygens (including phenoxy) is 1. The molecule has 3 aromatic rings. The molecule has 9 nitrogen and oxygen atoms in total. The van der Waals surface area contributed by atoms with Crippen LogP contribution in [0.3, 0.4) is 0 Å². The SMILES string of the molecule is CC(C)(C)OC(=O)N1CCC(c2c(C(=O)NCCN3CCN(c4ccccc4)CC3)cnn2-c2ccccc2Cl)CC1. The number of anilines is 1. The zero-order chi connectivity index (χ0) is 29.7. The predicted molar refractivity (Wildman–Crippen MR) is 166 cm³/mol. The Morgan fingerprint density at radius 1 is 0.952 bits per heavy atom. The fraction of sp³-hybridized carbons (Fsp3) is 0.469. The van der Waals surface area contributed by atoms with Crippen LogP contribution in [0.15, 0.2) is 60.8 Å². The van der Waals surface area contributed by atoms with E-state index in [-0.39, 0.29) is 17.9 Å². The van der Waals surface area contributed by atoms with Gasteiger partial charge in [-0.3, -0.25) is 9.69 Å². The molecule has 10 heteroatoms. The molecule has 2 fully saturated rings. The summed E-state index contributed by atoms with van der Waals surface area (Å²) in [5.41, 5.74) is 2.84. The lowest BCUT2D eigenvalue weighted by Gasteiger charge is -2.36. The van der Waals surface area contributed by atoms with Crippen LogP contribution in [0.1, 0.15) is 55.6 Å². The third-order valence-corrected chi connectivity index (χ3v) is 8.19. The molecule has 2 amide bonds. The Hall–Kier alpha value is -3.56. The van der Waals surface area contributed by atoms with Gasteiger partial charge in [-0.05, 0) is 57.9 Å². The molecule has 2 aromatic carbocycles. The lowest BCUT2D eigenvalue weighted by atomic mass is 9.91. The molecular formula is C32H41ClN6O3. The van der Waals surface area contributed by atoms with Crippen LogP contribution in [0, 0.1) is 0 Å².